The number of hydrogen-bond donors (Lipinski definition) is 2. The van der Waals surface area contributed by atoms with Crippen LogP contribution in [-0.2, 0) is 11.2 Å². The van der Waals surface area contributed by atoms with Gasteiger partial charge in [-0.3, -0.25) is 9.59 Å². The van der Waals surface area contributed by atoms with Crippen molar-refractivity contribution in [3.8, 4) is 28.5 Å². The van der Waals surface area contributed by atoms with Gasteiger partial charge in [-0.1, -0.05) is 23.4 Å². The van der Waals surface area contributed by atoms with Crippen molar-refractivity contribution < 1.29 is 32.7 Å². The predicted octanol–water partition coefficient (Wildman–Crippen LogP) is 5.85. The number of carbonyl (C=O) groups excluding carboxylic acids is 2. The minimum Gasteiger partial charge on any atom is -0.493 e. The molecule has 1 aromatic heterocycles. The van der Waals surface area contributed by atoms with Crippen LogP contribution in [0, 0.1) is 16.3 Å². The molecule has 0 bridgehead atoms. The highest BCUT2D eigenvalue weighted by Crippen LogP contribution is 2.40. The Bertz CT molecular complexity index is 1490. The van der Waals surface area contributed by atoms with Crippen molar-refractivity contribution in [2.75, 3.05) is 32.0 Å². The largest absolute Gasteiger partial charge is 0.493 e. The Kier molecular flexibility index (Phi) is 8.69. The maximum Gasteiger partial charge on any atom is 0.261 e. The summed E-state index contributed by atoms with van der Waals surface area (Å²) in [6.07, 6.45) is 0.0331. The van der Waals surface area contributed by atoms with Crippen molar-refractivity contribution in [2.24, 2.45) is 0 Å². The second-order valence-corrected chi connectivity index (χ2v) is 9.51. The molecule has 0 fully saturated rings. The Morgan fingerprint density at radius 3 is 2.28 bits per heavy atom. The van der Waals surface area contributed by atoms with Crippen LogP contribution in [0.25, 0.3) is 11.3 Å². The van der Waals surface area contributed by atoms with E-state index in [1.165, 1.54) is 27.4 Å². The van der Waals surface area contributed by atoms with Crippen molar-refractivity contribution in [2.45, 2.75) is 13.3 Å². The lowest BCUT2D eigenvalue weighted by Gasteiger charge is -2.14. The van der Waals surface area contributed by atoms with Gasteiger partial charge in [-0.05, 0) is 59.3 Å². The number of aromatic nitrogens is 1. The summed E-state index contributed by atoms with van der Waals surface area (Å²) in [5.41, 5.74) is 2.02. The Morgan fingerprint density at radius 1 is 0.949 bits per heavy atom. The Labute approximate surface area is 237 Å². The van der Waals surface area contributed by atoms with Gasteiger partial charge in [-0.25, -0.2) is 4.39 Å². The quantitative estimate of drug-likeness (QED) is 0.220. The molecule has 0 radical (unpaired) electrons. The van der Waals surface area contributed by atoms with Gasteiger partial charge >= 0.3 is 0 Å². The normalized spacial score (nSPS) is 10.6. The second kappa shape index (κ2) is 12.2. The van der Waals surface area contributed by atoms with Gasteiger partial charge in [0.05, 0.1) is 33.3 Å². The van der Waals surface area contributed by atoms with Crippen molar-refractivity contribution in [1.82, 2.24) is 5.16 Å². The fourth-order valence-corrected chi connectivity index (χ4v) is 4.75. The molecule has 202 valence electrons. The van der Waals surface area contributed by atoms with Gasteiger partial charge in [0, 0.05) is 27.1 Å². The number of rotatable bonds is 9. The third-order valence-electron chi connectivity index (χ3n) is 5.79. The molecule has 0 aliphatic carbocycles. The van der Waals surface area contributed by atoms with E-state index in [4.69, 9.17) is 18.7 Å². The Hall–Kier alpha value is -4.13. The fraction of sp³-hybridized carbons (Fsp3) is 0.179. The SMILES string of the molecule is COc1cc(NC(=O)Cc2cccc(NC(=O)c3c(-c4c(F)cccc4I)noc3C)c2)cc(OC)c1OC. The van der Waals surface area contributed by atoms with Crippen LogP contribution in [0.15, 0.2) is 59.1 Å². The standard InChI is InChI=1S/C28H25FIN3O6/c1-15-24(26(33-39-15)25-19(29)9-6-10-20(25)30)28(35)32-17-8-5-7-16(11-17)12-23(34)31-18-13-21(36-2)27(38-4)22(14-18)37-3/h5-11,13-14H,12H2,1-4H3,(H,31,34)(H,32,35). The van der Waals surface area contributed by atoms with E-state index in [1.54, 1.807) is 55.5 Å². The number of aryl methyl sites for hydroxylation is 1. The highest BCUT2D eigenvalue weighted by atomic mass is 127. The highest BCUT2D eigenvalue weighted by molar-refractivity contribution is 14.1. The Morgan fingerprint density at radius 2 is 1.64 bits per heavy atom. The lowest BCUT2D eigenvalue weighted by atomic mass is 10.0. The van der Waals surface area contributed by atoms with E-state index in [9.17, 15) is 14.0 Å². The molecule has 9 nitrogen and oxygen atoms in total. The molecule has 0 aliphatic heterocycles. The van der Waals surface area contributed by atoms with Crippen LogP contribution >= 0.6 is 22.6 Å². The first kappa shape index (κ1) is 27.9. The first-order valence-electron chi connectivity index (χ1n) is 11.7. The lowest BCUT2D eigenvalue weighted by Crippen LogP contribution is -2.16. The summed E-state index contributed by atoms with van der Waals surface area (Å²) in [5, 5.41) is 9.56. The van der Waals surface area contributed by atoms with E-state index in [-0.39, 0.29) is 34.9 Å². The molecule has 4 rings (SSSR count). The molecule has 0 aliphatic rings. The fourth-order valence-electron chi connectivity index (χ4n) is 4.03. The van der Waals surface area contributed by atoms with Crippen LogP contribution in [0.1, 0.15) is 21.7 Å². The second-order valence-electron chi connectivity index (χ2n) is 8.35. The summed E-state index contributed by atoms with van der Waals surface area (Å²) in [7, 11) is 4.48. The maximum atomic E-state index is 14.6. The summed E-state index contributed by atoms with van der Waals surface area (Å²) in [6, 6.07) is 14.7. The predicted molar refractivity (Wildman–Crippen MR) is 152 cm³/mol. The van der Waals surface area contributed by atoms with Gasteiger partial charge in [0.25, 0.3) is 5.91 Å². The number of benzene rings is 3. The van der Waals surface area contributed by atoms with Crippen LogP contribution in [-0.4, -0.2) is 38.3 Å². The summed E-state index contributed by atoms with van der Waals surface area (Å²) in [6.45, 7) is 1.59. The van der Waals surface area contributed by atoms with E-state index in [0.717, 1.165) is 0 Å². The minimum atomic E-state index is -0.512. The summed E-state index contributed by atoms with van der Waals surface area (Å²) < 4.78 is 36.4. The summed E-state index contributed by atoms with van der Waals surface area (Å²) in [4.78, 5) is 26.0. The zero-order valence-corrected chi connectivity index (χ0v) is 23.7. The molecule has 4 aromatic rings. The van der Waals surface area contributed by atoms with Crippen LogP contribution in [0.2, 0.25) is 0 Å². The highest BCUT2D eigenvalue weighted by Gasteiger charge is 2.25. The maximum absolute atomic E-state index is 14.6. The molecule has 1 heterocycles. The zero-order valence-electron chi connectivity index (χ0n) is 21.6. The number of ether oxygens (including phenoxy) is 3. The minimum absolute atomic E-state index is 0.0331. The topological polar surface area (TPSA) is 112 Å². The van der Waals surface area contributed by atoms with E-state index in [0.29, 0.717) is 37.8 Å². The number of anilines is 2. The number of nitrogens with one attached hydrogen (secondary N) is 2. The van der Waals surface area contributed by atoms with Gasteiger partial charge in [0.2, 0.25) is 11.7 Å². The van der Waals surface area contributed by atoms with E-state index >= 15 is 0 Å². The van der Waals surface area contributed by atoms with Crippen LogP contribution < -0.4 is 24.8 Å². The average molecular weight is 645 g/mol. The number of methoxy groups -OCH3 is 3. The molecule has 0 saturated carbocycles. The van der Waals surface area contributed by atoms with Crippen molar-refractivity contribution in [3.63, 3.8) is 0 Å². The van der Waals surface area contributed by atoms with Gasteiger partial charge in [0.15, 0.2) is 11.5 Å². The van der Waals surface area contributed by atoms with E-state index in [1.807, 2.05) is 22.6 Å². The van der Waals surface area contributed by atoms with Crippen LogP contribution in [0.5, 0.6) is 17.2 Å². The van der Waals surface area contributed by atoms with Gasteiger partial charge in [-0.15, -0.1) is 0 Å². The summed E-state index contributed by atoms with van der Waals surface area (Å²) >= 11 is 1.99. The first-order chi connectivity index (χ1) is 18.7. The molecule has 0 atom stereocenters. The molecule has 3 aromatic carbocycles. The molecule has 0 saturated heterocycles. The molecular formula is C28H25FIN3O6. The van der Waals surface area contributed by atoms with Crippen LogP contribution in [0.4, 0.5) is 15.8 Å². The smallest absolute Gasteiger partial charge is 0.261 e. The van der Waals surface area contributed by atoms with Gasteiger partial charge in [-0.2, -0.15) is 0 Å². The van der Waals surface area contributed by atoms with Crippen LogP contribution in [0.3, 0.4) is 0 Å². The molecule has 0 unspecified atom stereocenters. The average Bonchev–Trinajstić information content (AvgIpc) is 3.28. The molecular weight excluding hydrogens is 620 g/mol. The van der Waals surface area contributed by atoms with Crippen molar-refractivity contribution in [1.29, 1.82) is 0 Å². The number of hydrogen-bond acceptors (Lipinski definition) is 7. The number of amides is 2. The first-order valence-corrected chi connectivity index (χ1v) is 12.7. The van der Waals surface area contributed by atoms with Crippen molar-refractivity contribution in [3.05, 3.63) is 80.9 Å². The lowest BCUT2D eigenvalue weighted by molar-refractivity contribution is -0.115. The van der Waals surface area contributed by atoms with E-state index in [2.05, 4.69) is 15.8 Å². The molecule has 39 heavy (non-hydrogen) atoms. The summed E-state index contributed by atoms with van der Waals surface area (Å²) in [5.74, 6) is 0.167. The van der Waals surface area contributed by atoms with Crippen molar-refractivity contribution >= 4 is 45.8 Å². The van der Waals surface area contributed by atoms with Gasteiger partial charge < -0.3 is 29.4 Å². The number of carbonyl (C=O) groups is 2. The number of nitrogens with zero attached hydrogens (tertiary/aromatic N) is 1. The molecule has 2 amide bonds. The van der Waals surface area contributed by atoms with Gasteiger partial charge in [0.1, 0.15) is 22.8 Å². The third-order valence-corrected chi connectivity index (χ3v) is 6.69. The molecule has 0 spiro atoms. The molecule has 2 N–H and O–H groups in total. The Balaban J connectivity index is 1.50. The molecule has 11 heteroatoms. The zero-order chi connectivity index (χ0) is 28.1. The monoisotopic (exact) mass is 645 g/mol. The third kappa shape index (κ3) is 6.14. The number of halogens is 2. The van der Waals surface area contributed by atoms with E-state index < -0.39 is 11.7 Å².